The number of carbonyl (C=O) groups is 1. The van der Waals surface area contributed by atoms with Crippen LogP contribution in [-0.2, 0) is 24.9 Å². The van der Waals surface area contributed by atoms with Gasteiger partial charge >= 0.3 is 0 Å². The zero-order valence-electron chi connectivity index (χ0n) is 18.9. The Morgan fingerprint density at radius 2 is 1.70 bits per heavy atom. The summed E-state index contributed by atoms with van der Waals surface area (Å²) >= 11 is 0. The van der Waals surface area contributed by atoms with Gasteiger partial charge in [0.15, 0.2) is 17.2 Å². The summed E-state index contributed by atoms with van der Waals surface area (Å²) in [4.78, 5) is 20.5. The van der Waals surface area contributed by atoms with E-state index < -0.39 is 5.60 Å². The normalized spacial score (nSPS) is 15.0. The largest absolute Gasteiger partial charge is 0.475 e. The molecule has 4 aromatic rings. The van der Waals surface area contributed by atoms with Crippen LogP contribution in [0.2, 0.25) is 0 Å². The number of rotatable bonds is 7. The molecule has 4 nitrogen and oxygen atoms in total. The van der Waals surface area contributed by atoms with E-state index in [1.165, 1.54) is 5.56 Å². The van der Waals surface area contributed by atoms with Crippen LogP contribution in [0.1, 0.15) is 58.2 Å². The highest BCUT2D eigenvalue weighted by Gasteiger charge is 2.35. The molecule has 1 atom stereocenters. The van der Waals surface area contributed by atoms with E-state index in [9.17, 15) is 4.79 Å². The first-order valence-electron chi connectivity index (χ1n) is 11.6. The van der Waals surface area contributed by atoms with Crippen LogP contribution in [0.25, 0.3) is 0 Å². The van der Waals surface area contributed by atoms with Gasteiger partial charge in [-0.2, -0.15) is 0 Å². The summed E-state index contributed by atoms with van der Waals surface area (Å²) in [6, 6.07) is 24.6. The molecule has 0 radical (unpaired) electrons. The lowest BCUT2D eigenvalue weighted by Gasteiger charge is -2.32. The number of ether oxygens (including phenoxy) is 1. The molecule has 33 heavy (non-hydrogen) atoms. The molecule has 0 bridgehead atoms. The molecule has 0 saturated heterocycles. The van der Waals surface area contributed by atoms with Crippen molar-refractivity contribution in [2.24, 2.45) is 0 Å². The number of hydrogen-bond acceptors (Lipinski definition) is 3. The highest BCUT2D eigenvalue weighted by atomic mass is 16.5. The van der Waals surface area contributed by atoms with Crippen molar-refractivity contribution in [2.75, 3.05) is 0 Å². The van der Waals surface area contributed by atoms with Gasteiger partial charge in [-0.05, 0) is 61.4 Å². The van der Waals surface area contributed by atoms with E-state index in [0.29, 0.717) is 6.42 Å². The molecule has 0 amide bonds. The third kappa shape index (κ3) is 4.21. The summed E-state index contributed by atoms with van der Waals surface area (Å²) in [5.41, 5.74) is 4.64. The van der Waals surface area contributed by atoms with E-state index in [1.54, 1.807) is 6.20 Å². The van der Waals surface area contributed by atoms with Crippen LogP contribution in [0.15, 0.2) is 85.2 Å². The molecule has 1 aliphatic carbocycles. The number of aryl methyl sites for hydroxylation is 1. The summed E-state index contributed by atoms with van der Waals surface area (Å²) in [5, 5.41) is 0. The molecule has 4 heteroatoms. The molecular weight excluding hydrogens is 408 g/mol. The van der Waals surface area contributed by atoms with Gasteiger partial charge in [-0.15, -0.1) is 0 Å². The zero-order valence-corrected chi connectivity index (χ0v) is 18.9. The summed E-state index contributed by atoms with van der Waals surface area (Å²) in [5.74, 6) is 1.80. The Balaban J connectivity index is 1.58. The molecule has 0 aliphatic heterocycles. The predicted octanol–water partition coefficient (Wildman–Crippen LogP) is 6.06. The monoisotopic (exact) mass is 436 g/mol. The lowest BCUT2D eigenvalue weighted by molar-refractivity contribution is 0.0971. The van der Waals surface area contributed by atoms with E-state index in [2.05, 4.69) is 46.4 Å². The summed E-state index contributed by atoms with van der Waals surface area (Å²) in [6.07, 6.45) is 7.71. The Kier molecular flexibility index (Phi) is 5.82. The van der Waals surface area contributed by atoms with E-state index in [4.69, 9.17) is 4.74 Å². The maximum Gasteiger partial charge on any atom is 0.188 e. The fourth-order valence-corrected chi connectivity index (χ4v) is 4.81. The minimum absolute atomic E-state index is 0.237. The van der Waals surface area contributed by atoms with Crippen LogP contribution in [0, 0.1) is 0 Å². The summed E-state index contributed by atoms with van der Waals surface area (Å²) in [6.45, 7) is 2.05. The Hall–Kier alpha value is -3.66. The molecule has 0 spiro atoms. The molecule has 1 heterocycles. The Morgan fingerprint density at radius 1 is 0.939 bits per heavy atom. The number of hydrogen-bond donors (Lipinski definition) is 1. The number of carbonyl (C=O) groups excluding carboxylic acids is 1. The highest BCUT2D eigenvalue weighted by Crippen LogP contribution is 2.38. The second-order valence-corrected chi connectivity index (χ2v) is 8.77. The van der Waals surface area contributed by atoms with Gasteiger partial charge in [0, 0.05) is 29.9 Å². The summed E-state index contributed by atoms with van der Waals surface area (Å²) in [7, 11) is 0. The van der Waals surface area contributed by atoms with Crippen LogP contribution in [0.5, 0.6) is 5.75 Å². The number of H-pyrrole nitrogens is 1. The van der Waals surface area contributed by atoms with Gasteiger partial charge in [-0.1, -0.05) is 60.7 Å². The van der Waals surface area contributed by atoms with Gasteiger partial charge in [0.05, 0.1) is 0 Å². The number of Topliss-reactive ketones (excluding diaryl/α,β-unsaturated/α-hetero) is 1. The van der Waals surface area contributed by atoms with Crippen molar-refractivity contribution in [3.8, 4) is 5.75 Å². The Labute approximate surface area is 194 Å². The minimum atomic E-state index is -0.792. The van der Waals surface area contributed by atoms with Crippen molar-refractivity contribution < 1.29 is 9.53 Å². The molecule has 5 rings (SSSR count). The fraction of sp³-hybridized carbons (Fsp3) is 0.241. The van der Waals surface area contributed by atoms with Crippen LogP contribution in [0.3, 0.4) is 0 Å². The van der Waals surface area contributed by atoms with Crippen LogP contribution in [-0.4, -0.2) is 15.8 Å². The molecule has 0 saturated carbocycles. The van der Waals surface area contributed by atoms with Gasteiger partial charge in [0.2, 0.25) is 0 Å². The standard InChI is InChI=1S/C29H28N2O2/c1-29(28-30-19-20-31-28,22-11-6-3-7-12-22)33-27-18-17-24-23(13-8-14-26(24)32)25(27)16-15-21-9-4-2-5-10-21/h2-7,9-12,17-20H,8,13-16H2,1H3,(H,30,31)/t29-/m0/s1. The molecule has 1 aromatic heterocycles. The van der Waals surface area contributed by atoms with Crippen molar-refractivity contribution in [3.63, 3.8) is 0 Å². The lowest BCUT2D eigenvalue weighted by atomic mass is 9.85. The number of imidazole rings is 1. The van der Waals surface area contributed by atoms with E-state index in [-0.39, 0.29) is 5.78 Å². The lowest BCUT2D eigenvalue weighted by Crippen LogP contribution is -2.33. The van der Waals surface area contributed by atoms with Crippen LogP contribution < -0.4 is 4.74 Å². The van der Waals surface area contributed by atoms with Gasteiger partial charge in [0.25, 0.3) is 0 Å². The second kappa shape index (κ2) is 9.07. The molecule has 1 N–H and O–H groups in total. The van der Waals surface area contributed by atoms with E-state index >= 15 is 0 Å². The average Bonchev–Trinajstić information content (AvgIpc) is 3.40. The number of ketones is 1. The maximum atomic E-state index is 12.7. The number of aromatic amines is 1. The van der Waals surface area contributed by atoms with Gasteiger partial charge < -0.3 is 9.72 Å². The number of fused-ring (bicyclic) bond motifs is 1. The van der Waals surface area contributed by atoms with Crippen molar-refractivity contribution in [3.05, 3.63) is 119 Å². The van der Waals surface area contributed by atoms with Crippen molar-refractivity contribution in [2.45, 2.75) is 44.6 Å². The topological polar surface area (TPSA) is 55.0 Å². The van der Waals surface area contributed by atoms with Crippen LogP contribution >= 0.6 is 0 Å². The Bertz CT molecular complexity index is 1230. The van der Waals surface area contributed by atoms with Gasteiger partial charge in [-0.3, -0.25) is 4.79 Å². The van der Waals surface area contributed by atoms with Crippen molar-refractivity contribution in [1.29, 1.82) is 0 Å². The van der Waals surface area contributed by atoms with Gasteiger partial charge in [-0.25, -0.2) is 4.98 Å². The Morgan fingerprint density at radius 3 is 2.42 bits per heavy atom. The van der Waals surface area contributed by atoms with E-state index in [1.807, 2.05) is 49.5 Å². The summed E-state index contributed by atoms with van der Waals surface area (Å²) < 4.78 is 6.85. The molecule has 166 valence electrons. The van der Waals surface area contributed by atoms with Gasteiger partial charge in [0.1, 0.15) is 5.75 Å². The fourth-order valence-electron chi connectivity index (χ4n) is 4.81. The minimum Gasteiger partial charge on any atom is -0.475 e. The molecule has 3 aromatic carbocycles. The SMILES string of the molecule is C[C@](Oc1ccc2c(c1CCc1ccccc1)CCCC2=O)(c1ccccc1)c1ncc[nH]1. The smallest absolute Gasteiger partial charge is 0.188 e. The zero-order chi connectivity index (χ0) is 22.7. The average molecular weight is 437 g/mol. The molecule has 0 fully saturated rings. The first kappa shape index (κ1) is 21.2. The number of aromatic nitrogens is 2. The number of nitrogens with one attached hydrogen (secondary N) is 1. The third-order valence-corrected chi connectivity index (χ3v) is 6.61. The molecular formula is C29H28N2O2. The van der Waals surface area contributed by atoms with E-state index in [0.717, 1.165) is 59.5 Å². The number of nitrogens with zero attached hydrogens (tertiary/aromatic N) is 1. The van der Waals surface area contributed by atoms with Crippen LogP contribution in [0.4, 0.5) is 0 Å². The van der Waals surface area contributed by atoms with Crippen molar-refractivity contribution in [1.82, 2.24) is 9.97 Å². The first-order valence-corrected chi connectivity index (χ1v) is 11.6. The maximum absolute atomic E-state index is 12.7. The predicted molar refractivity (Wildman–Crippen MR) is 130 cm³/mol. The highest BCUT2D eigenvalue weighted by molar-refractivity contribution is 5.99. The molecule has 0 unspecified atom stereocenters. The third-order valence-electron chi connectivity index (χ3n) is 6.61. The van der Waals surface area contributed by atoms with Crippen molar-refractivity contribution >= 4 is 5.78 Å². The quantitative estimate of drug-likeness (QED) is 0.383. The number of benzene rings is 3. The first-order chi connectivity index (χ1) is 16.1. The molecule has 1 aliphatic rings. The second-order valence-electron chi connectivity index (χ2n) is 8.77.